The van der Waals surface area contributed by atoms with E-state index >= 15 is 0 Å². The van der Waals surface area contributed by atoms with Crippen LogP contribution >= 0.6 is 0 Å². The van der Waals surface area contributed by atoms with Crippen molar-refractivity contribution in [2.24, 2.45) is 0 Å². The van der Waals surface area contributed by atoms with Crippen LogP contribution in [0.3, 0.4) is 0 Å². The van der Waals surface area contributed by atoms with Crippen molar-refractivity contribution in [2.75, 3.05) is 25.5 Å². The molecule has 0 bridgehead atoms. The maximum Gasteiger partial charge on any atom is 0.326 e. The Morgan fingerprint density at radius 2 is 1.70 bits per heavy atom. The van der Waals surface area contributed by atoms with E-state index < -0.39 is 0 Å². The normalized spacial score (nSPS) is 13.8. The number of hydrogen-bond acceptors (Lipinski definition) is 4. The predicted molar refractivity (Wildman–Crippen MR) is 101 cm³/mol. The first-order chi connectivity index (χ1) is 13.0. The number of hydrogen-bond donors (Lipinski definition) is 1. The maximum absolute atomic E-state index is 12.0. The number of para-hydroxylation sites is 1. The molecule has 0 atom stereocenters. The number of nitrogens with one attached hydrogen (secondary N) is 1. The maximum atomic E-state index is 12.0. The lowest BCUT2D eigenvalue weighted by Gasteiger charge is -2.13. The lowest BCUT2D eigenvalue weighted by Crippen LogP contribution is -2.32. The molecule has 27 heavy (non-hydrogen) atoms. The summed E-state index contributed by atoms with van der Waals surface area (Å²) in [5.41, 5.74) is 0.661. The molecule has 1 saturated heterocycles. The molecule has 0 unspecified atom stereocenters. The topological polar surface area (TPSA) is 79.0 Å². The van der Waals surface area contributed by atoms with Crippen molar-refractivity contribution < 1.29 is 19.1 Å². The average molecular weight is 367 g/mol. The van der Waals surface area contributed by atoms with Gasteiger partial charge in [0.05, 0.1) is 0 Å². The summed E-state index contributed by atoms with van der Waals surface area (Å²) in [4.78, 5) is 38.0. The van der Waals surface area contributed by atoms with Gasteiger partial charge in [-0.2, -0.15) is 0 Å². The van der Waals surface area contributed by atoms with Gasteiger partial charge < -0.3 is 15.0 Å². The molecule has 3 rings (SSSR count). The van der Waals surface area contributed by atoms with Crippen LogP contribution in [0, 0.1) is 0 Å². The minimum absolute atomic E-state index is 0.0996. The van der Waals surface area contributed by atoms with Gasteiger partial charge in [0, 0.05) is 25.7 Å². The van der Waals surface area contributed by atoms with Crippen molar-refractivity contribution in [3.63, 3.8) is 0 Å². The van der Waals surface area contributed by atoms with Crippen LogP contribution in [-0.2, 0) is 9.59 Å². The van der Waals surface area contributed by atoms with Gasteiger partial charge >= 0.3 is 6.03 Å². The number of rotatable bonds is 7. The first-order valence-electron chi connectivity index (χ1n) is 8.71. The van der Waals surface area contributed by atoms with Crippen LogP contribution in [0.1, 0.15) is 12.8 Å². The number of benzene rings is 2. The summed E-state index contributed by atoms with van der Waals surface area (Å²) in [7, 11) is 1.58. The van der Waals surface area contributed by atoms with E-state index in [0.29, 0.717) is 17.9 Å². The Kier molecular flexibility index (Phi) is 5.71. The highest BCUT2D eigenvalue weighted by Gasteiger charge is 2.32. The lowest BCUT2D eigenvalue weighted by molar-refractivity contribution is -0.125. The van der Waals surface area contributed by atoms with Gasteiger partial charge in [0.2, 0.25) is 11.8 Å². The fourth-order valence-corrected chi connectivity index (χ4v) is 2.74. The van der Waals surface area contributed by atoms with Gasteiger partial charge in [-0.25, -0.2) is 4.79 Å². The van der Waals surface area contributed by atoms with E-state index in [1.165, 1.54) is 9.80 Å². The zero-order valence-corrected chi connectivity index (χ0v) is 15.1. The number of urea groups is 1. The Bertz CT molecular complexity index is 821. The van der Waals surface area contributed by atoms with Crippen LogP contribution in [0.15, 0.2) is 54.6 Å². The predicted octanol–water partition coefficient (Wildman–Crippen LogP) is 3.09. The molecule has 140 valence electrons. The second kappa shape index (κ2) is 8.35. The Balaban J connectivity index is 1.44. The number of imide groups is 1. The molecule has 1 N–H and O–H groups in total. The highest BCUT2D eigenvalue weighted by Crippen LogP contribution is 2.22. The average Bonchev–Trinajstić information content (AvgIpc) is 2.90. The summed E-state index contributed by atoms with van der Waals surface area (Å²) in [6.45, 7) is 0.349. The molecule has 2 aromatic rings. The molecule has 2 aromatic carbocycles. The number of nitrogens with zero attached hydrogens (tertiary/aromatic N) is 2. The summed E-state index contributed by atoms with van der Waals surface area (Å²) in [5.74, 6) is 1.02. The molecular formula is C20H21N3O4. The van der Waals surface area contributed by atoms with Crippen molar-refractivity contribution in [2.45, 2.75) is 12.8 Å². The summed E-state index contributed by atoms with van der Waals surface area (Å²) < 4.78 is 5.70. The summed E-state index contributed by atoms with van der Waals surface area (Å²) in [6, 6.07) is 16.2. The van der Waals surface area contributed by atoms with Crippen LogP contribution in [0.2, 0.25) is 0 Å². The van der Waals surface area contributed by atoms with Crippen LogP contribution < -0.4 is 10.1 Å². The molecule has 0 radical (unpaired) electrons. The molecule has 0 aromatic heterocycles. The van der Waals surface area contributed by atoms with Gasteiger partial charge in [-0.1, -0.05) is 18.2 Å². The second-order valence-electron chi connectivity index (χ2n) is 6.28. The monoisotopic (exact) mass is 367 g/mol. The summed E-state index contributed by atoms with van der Waals surface area (Å²) in [6.07, 6.45) is 0.648. The molecule has 4 amide bonds. The zero-order chi connectivity index (χ0) is 19.2. The molecule has 1 fully saturated rings. The number of anilines is 1. The second-order valence-corrected chi connectivity index (χ2v) is 6.28. The fraction of sp³-hybridized carbons (Fsp3) is 0.250. The molecule has 0 spiro atoms. The number of likely N-dealkylation sites (N-methyl/N-ethyl adjacent to an activating group) is 1. The molecule has 1 aliphatic heterocycles. The van der Waals surface area contributed by atoms with E-state index in [1.54, 1.807) is 31.3 Å². The highest BCUT2D eigenvalue weighted by molar-refractivity contribution is 6.01. The quantitative estimate of drug-likeness (QED) is 0.763. The van der Waals surface area contributed by atoms with Gasteiger partial charge in [0.15, 0.2) is 0 Å². The van der Waals surface area contributed by atoms with E-state index in [4.69, 9.17) is 4.74 Å². The number of ether oxygens (including phenoxy) is 1. The van der Waals surface area contributed by atoms with Crippen molar-refractivity contribution in [3.8, 4) is 11.5 Å². The minimum atomic E-state index is -0.311. The largest absolute Gasteiger partial charge is 0.457 e. The minimum Gasteiger partial charge on any atom is -0.457 e. The van der Waals surface area contributed by atoms with Gasteiger partial charge in [0.25, 0.3) is 0 Å². The lowest BCUT2D eigenvalue weighted by atomic mass is 10.2. The SMILES string of the molecule is CN1CC(=O)N(CCCC(=O)Nc2ccc(Oc3ccccc3)cc2)C1=O. The standard InChI is InChI=1S/C20H21N3O4/c1-22-14-19(25)23(20(22)26)13-5-8-18(24)21-15-9-11-17(12-10-15)27-16-6-3-2-4-7-16/h2-4,6-7,9-12H,5,8,13-14H2,1H3,(H,21,24). The van der Waals surface area contributed by atoms with Crippen LogP contribution in [0.4, 0.5) is 10.5 Å². The highest BCUT2D eigenvalue weighted by atomic mass is 16.5. The van der Waals surface area contributed by atoms with Crippen molar-refractivity contribution >= 4 is 23.5 Å². The summed E-state index contributed by atoms with van der Waals surface area (Å²) >= 11 is 0. The van der Waals surface area contributed by atoms with Crippen molar-refractivity contribution in [3.05, 3.63) is 54.6 Å². The molecule has 1 heterocycles. The molecular weight excluding hydrogens is 346 g/mol. The van der Waals surface area contributed by atoms with Gasteiger partial charge in [-0.15, -0.1) is 0 Å². The van der Waals surface area contributed by atoms with Crippen LogP contribution in [-0.4, -0.2) is 47.8 Å². The molecule has 7 nitrogen and oxygen atoms in total. The van der Waals surface area contributed by atoms with Crippen LogP contribution in [0.25, 0.3) is 0 Å². The van der Waals surface area contributed by atoms with Crippen molar-refractivity contribution in [1.82, 2.24) is 9.80 Å². The third-order valence-corrected chi connectivity index (χ3v) is 4.13. The van der Waals surface area contributed by atoms with Gasteiger partial charge in [-0.05, 0) is 42.8 Å². The summed E-state index contributed by atoms with van der Waals surface area (Å²) in [5, 5.41) is 2.80. The number of carbonyl (C=O) groups is 3. The van der Waals surface area contributed by atoms with Gasteiger partial charge in [0.1, 0.15) is 18.0 Å². The Morgan fingerprint density at radius 1 is 1.04 bits per heavy atom. The Morgan fingerprint density at radius 3 is 2.33 bits per heavy atom. The van der Waals surface area contributed by atoms with E-state index in [1.807, 2.05) is 30.3 Å². The molecule has 7 heteroatoms. The third kappa shape index (κ3) is 4.84. The van der Waals surface area contributed by atoms with E-state index in [2.05, 4.69) is 5.32 Å². The molecule has 1 aliphatic rings. The first-order valence-corrected chi connectivity index (χ1v) is 8.71. The molecule has 0 saturated carbocycles. The first kappa shape index (κ1) is 18.4. The zero-order valence-electron chi connectivity index (χ0n) is 15.1. The van der Waals surface area contributed by atoms with E-state index in [-0.39, 0.29) is 37.4 Å². The fourth-order valence-electron chi connectivity index (χ4n) is 2.74. The number of amides is 4. The van der Waals surface area contributed by atoms with E-state index in [9.17, 15) is 14.4 Å². The smallest absolute Gasteiger partial charge is 0.326 e. The third-order valence-electron chi connectivity index (χ3n) is 4.13. The van der Waals surface area contributed by atoms with Gasteiger partial charge in [-0.3, -0.25) is 14.5 Å². The Labute approximate surface area is 157 Å². The van der Waals surface area contributed by atoms with Crippen LogP contribution in [0.5, 0.6) is 11.5 Å². The number of carbonyl (C=O) groups excluding carboxylic acids is 3. The van der Waals surface area contributed by atoms with Crippen molar-refractivity contribution in [1.29, 1.82) is 0 Å². The molecule has 0 aliphatic carbocycles. The van der Waals surface area contributed by atoms with E-state index in [0.717, 1.165) is 5.75 Å². The Hall–Kier alpha value is -3.35.